The van der Waals surface area contributed by atoms with Gasteiger partial charge in [-0.1, -0.05) is 18.2 Å². The average Bonchev–Trinajstić information content (AvgIpc) is 3.62. The molecule has 164 valence electrons. The molecule has 2 heterocycles. The van der Waals surface area contributed by atoms with E-state index in [-0.39, 0.29) is 11.9 Å². The van der Waals surface area contributed by atoms with Gasteiger partial charge in [0.2, 0.25) is 0 Å². The maximum atomic E-state index is 12.0. The zero-order valence-corrected chi connectivity index (χ0v) is 18.4. The molecule has 1 N–H and O–H groups in total. The van der Waals surface area contributed by atoms with E-state index in [1.165, 1.54) is 31.1 Å². The molecule has 1 saturated carbocycles. The number of esters is 1. The average molecular weight is 430 g/mol. The van der Waals surface area contributed by atoms with Crippen LogP contribution in [0.25, 0.3) is 0 Å². The molecule has 1 atom stereocenters. The predicted octanol–water partition coefficient (Wildman–Crippen LogP) is 5.10. The molecule has 6 nitrogen and oxygen atoms in total. The van der Waals surface area contributed by atoms with Crippen molar-refractivity contribution >= 4 is 23.0 Å². The van der Waals surface area contributed by atoms with Crippen molar-refractivity contribution in [2.24, 2.45) is 0 Å². The van der Waals surface area contributed by atoms with Gasteiger partial charge in [0.25, 0.3) is 0 Å². The van der Waals surface area contributed by atoms with Crippen LogP contribution in [0.3, 0.4) is 0 Å². The van der Waals surface area contributed by atoms with Crippen LogP contribution < -0.4 is 15.0 Å². The van der Waals surface area contributed by atoms with E-state index in [9.17, 15) is 4.79 Å². The van der Waals surface area contributed by atoms with E-state index in [0.717, 1.165) is 23.0 Å². The van der Waals surface area contributed by atoms with Crippen molar-refractivity contribution in [1.29, 1.82) is 0 Å². The molecule has 0 amide bonds. The second kappa shape index (κ2) is 8.54. The molecule has 1 aliphatic heterocycles. The molecule has 3 aromatic rings. The van der Waals surface area contributed by atoms with Gasteiger partial charge in [0, 0.05) is 48.7 Å². The van der Waals surface area contributed by atoms with E-state index < -0.39 is 0 Å². The van der Waals surface area contributed by atoms with Crippen LogP contribution in [0, 0.1) is 0 Å². The van der Waals surface area contributed by atoms with Gasteiger partial charge in [-0.05, 0) is 48.6 Å². The molecule has 32 heavy (non-hydrogen) atoms. The number of anilines is 3. The maximum Gasteiger partial charge on any atom is 0.340 e. The lowest BCUT2D eigenvalue weighted by atomic mass is 10.0. The smallest absolute Gasteiger partial charge is 0.340 e. The van der Waals surface area contributed by atoms with Gasteiger partial charge in [-0.15, -0.1) is 0 Å². The minimum atomic E-state index is -0.379. The number of nitrogens with one attached hydrogen (secondary N) is 1. The monoisotopic (exact) mass is 429 g/mol. The molecule has 0 spiro atoms. The van der Waals surface area contributed by atoms with Crippen LogP contribution in [0.15, 0.2) is 60.9 Å². The van der Waals surface area contributed by atoms with Crippen LogP contribution in [0.2, 0.25) is 0 Å². The summed E-state index contributed by atoms with van der Waals surface area (Å²) in [7, 11) is 3.46. The number of pyridine rings is 1. The Kier molecular flexibility index (Phi) is 5.43. The molecular weight excluding hydrogens is 402 g/mol. The lowest BCUT2D eigenvalue weighted by Gasteiger charge is -2.21. The summed E-state index contributed by atoms with van der Waals surface area (Å²) in [6.45, 7) is 1.24. The summed E-state index contributed by atoms with van der Waals surface area (Å²) in [4.78, 5) is 18.3. The van der Waals surface area contributed by atoms with Crippen molar-refractivity contribution in [1.82, 2.24) is 4.98 Å². The number of hydrogen-bond acceptors (Lipinski definition) is 6. The van der Waals surface area contributed by atoms with Gasteiger partial charge < -0.3 is 19.7 Å². The Morgan fingerprint density at radius 3 is 2.69 bits per heavy atom. The van der Waals surface area contributed by atoms with Crippen molar-refractivity contribution < 1.29 is 14.3 Å². The van der Waals surface area contributed by atoms with Crippen LogP contribution in [0.4, 0.5) is 17.1 Å². The Bertz CT molecular complexity index is 1130. The number of fused-ring (bicyclic) bond motifs is 1. The van der Waals surface area contributed by atoms with Crippen molar-refractivity contribution in [3.8, 4) is 5.75 Å². The SMILES string of the molecule is COC(=O)c1ccncc1NC[C@H]1COc2cc(N(C)c3ccc(C4CC4)cc3)ccc21. The molecule has 0 saturated heterocycles. The second-order valence-corrected chi connectivity index (χ2v) is 8.45. The van der Waals surface area contributed by atoms with Gasteiger partial charge in [0.15, 0.2) is 0 Å². The molecule has 2 aromatic carbocycles. The van der Waals surface area contributed by atoms with Gasteiger partial charge >= 0.3 is 5.97 Å². The van der Waals surface area contributed by atoms with Gasteiger partial charge in [-0.25, -0.2) is 4.79 Å². The van der Waals surface area contributed by atoms with Crippen LogP contribution in [0.5, 0.6) is 5.75 Å². The van der Waals surface area contributed by atoms with Gasteiger partial charge in [-0.2, -0.15) is 0 Å². The zero-order chi connectivity index (χ0) is 22.1. The Morgan fingerprint density at radius 2 is 1.94 bits per heavy atom. The predicted molar refractivity (Wildman–Crippen MR) is 125 cm³/mol. The maximum absolute atomic E-state index is 12.0. The normalized spacial score (nSPS) is 16.8. The number of rotatable bonds is 7. The minimum Gasteiger partial charge on any atom is -0.493 e. The van der Waals surface area contributed by atoms with E-state index in [2.05, 4.69) is 64.7 Å². The zero-order valence-electron chi connectivity index (χ0n) is 18.4. The van der Waals surface area contributed by atoms with Gasteiger partial charge in [0.05, 0.1) is 31.2 Å². The Morgan fingerprint density at radius 1 is 1.16 bits per heavy atom. The van der Waals surface area contributed by atoms with Crippen LogP contribution in [0.1, 0.15) is 46.2 Å². The second-order valence-electron chi connectivity index (χ2n) is 8.45. The number of hydrogen-bond donors (Lipinski definition) is 1. The summed E-state index contributed by atoms with van der Waals surface area (Å²) < 4.78 is 10.9. The largest absolute Gasteiger partial charge is 0.493 e. The molecule has 0 unspecified atom stereocenters. The van der Waals surface area contributed by atoms with E-state index >= 15 is 0 Å². The summed E-state index contributed by atoms with van der Waals surface area (Å²) >= 11 is 0. The summed E-state index contributed by atoms with van der Waals surface area (Å²) in [5.41, 5.74) is 6.01. The van der Waals surface area contributed by atoms with Gasteiger partial charge in [-0.3, -0.25) is 4.98 Å². The lowest BCUT2D eigenvalue weighted by Crippen LogP contribution is -2.16. The number of methoxy groups -OCH3 is 1. The topological polar surface area (TPSA) is 63.7 Å². The third-order valence-corrected chi connectivity index (χ3v) is 6.36. The van der Waals surface area contributed by atoms with Crippen molar-refractivity contribution in [3.05, 3.63) is 77.6 Å². The molecule has 6 heteroatoms. The molecule has 1 aromatic heterocycles. The van der Waals surface area contributed by atoms with E-state index in [0.29, 0.717) is 24.4 Å². The highest BCUT2D eigenvalue weighted by atomic mass is 16.5. The highest BCUT2D eigenvalue weighted by Crippen LogP contribution is 2.41. The standard InChI is InChI=1S/C26H27N3O3/c1-29(20-7-5-18(6-8-20)17-3-4-17)21-9-10-22-19(16-32-25(22)13-21)14-28-24-15-27-12-11-23(24)26(30)31-2/h5-13,15,17,19,28H,3-4,14,16H2,1-2H3/t19-/m0/s1. The van der Waals surface area contributed by atoms with E-state index in [4.69, 9.17) is 9.47 Å². The quantitative estimate of drug-likeness (QED) is 0.527. The van der Waals surface area contributed by atoms with Crippen molar-refractivity contribution in [3.63, 3.8) is 0 Å². The number of ether oxygens (including phenoxy) is 2. The first-order chi connectivity index (χ1) is 15.6. The Hall–Kier alpha value is -3.54. The Balaban J connectivity index is 1.28. The third-order valence-electron chi connectivity index (χ3n) is 6.36. The summed E-state index contributed by atoms with van der Waals surface area (Å²) in [5.74, 6) is 1.49. The van der Waals surface area contributed by atoms with Crippen molar-refractivity contribution in [2.45, 2.75) is 24.7 Å². The first kappa shape index (κ1) is 20.4. The molecule has 5 rings (SSSR count). The molecule has 0 radical (unpaired) electrons. The van der Waals surface area contributed by atoms with Crippen LogP contribution in [-0.2, 0) is 4.74 Å². The third kappa shape index (κ3) is 4.00. The number of benzene rings is 2. The number of carbonyl (C=O) groups is 1. The Labute approximate surface area is 188 Å². The van der Waals surface area contributed by atoms with Crippen LogP contribution in [-0.4, -0.2) is 38.3 Å². The number of nitrogens with zero attached hydrogens (tertiary/aromatic N) is 2. The lowest BCUT2D eigenvalue weighted by molar-refractivity contribution is 0.0601. The van der Waals surface area contributed by atoms with Crippen LogP contribution >= 0.6 is 0 Å². The van der Waals surface area contributed by atoms with Crippen molar-refractivity contribution in [2.75, 3.05) is 37.5 Å². The molecule has 1 aliphatic carbocycles. The number of aromatic nitrogens is 1. The summed E-state index contributed by atoms with van der Waals surface area (Å²) in [5, 5.41) is 3.34. The first-order valence-electron chi connectivity index (χ1n) is 11.0. The fourth-order valence-corrected chi connectivity index (χ4v) is 4.24. The number of carbonyl (C=O) groups excluding carboxylic acids is 1. The fourth-order valence-electron chi connectivity index (χ4n) is 4.24. The van der Waals surface area contributed by atoms with E-state index in [1.54, 1.807) is 18.5 Å². The molecular formula is C26H27N3O3. The molecule has 0 bridgehead atoms. The minimum absolute atomic E-state index is 0.188. The fraction of sp³-hybridized carbons (Fsp3) is 0.308. The highest BCUT2D eigenvalue weighted by Gasteiger charge is 2.26. The summed E-state index contributed by atoms with van der Waals surface area (Å²) in [6.07, 6.45) is 5.87. The van der Waals surface area contributed by atoms with E-state index in [1.807, 2.05) is 0 Å². The molecule has 2 aliphatic rings. The summed E-state index contributed by atoms with van der Waals surface area (Å²) in [6, 6.07) is 16.9. The highest BCUT2D eigenvalue weighted by molar-refractivity contribution is 5.95. The first-order valence-corrected chi connectivity index (χ1v) is 11.0. The molecule has 1 fully saturated rings. The van der Waals surface area contributed by atoms with Gasteiger partial charge in [0.1, 0.15) is 5.75 Å².